The molecular weight excluding hydrogens is 619 g/mol. The quantitative estimate of drug-likeness (QED) is 0.179. The molecule has 51 heavy (non-hydrogen) atoms. The van der Waals surface area contributed by atoms with Gasteiger partial charge in [0.25, 0.3) is 0 Å². The first kappa shape index (κ1) is 29.1. The van der Waals surface area contributed by atoms with Crippen LogP contribution in [-0.4, -0.2) is 9.97 Å². The second-order valence-electron chi connectivity index (χ2n) is 13.2. The lowest BCUT2D eigenvalue weighted by Crippen LogP contribution is -2.31. The Morgan fingerprint density at radius 2 is 0.961 bits per heavy atom. The van der Waals surface area contributed by atoms with Crippen LogP contribution in [0.15, 0.2) is 176 Å². The molecule has 9 aromatic rings. The predicted molar refractivity (Wildman–Crippen MR) is 207 cm³/mol. The minimum atomic E-state index is -0.829. The van der Waals surface area contributed by atoms with Crippen LogP contribution in [0, 0.1) is 11.3 Å². The summed E-state index contributed by atoms with van der Waals surface area (Å²) in [6, 6.07) is 60.3. The molecule has 0 unspecified atom stereocenters. The lowest BCUT2D eigenvalue weighted by Gasteiger charge is -2.31. The molecule has 0 N–H and O–H groups in total. The molecule has 2 heterocycles. The number of hydrogen-bond donors (Lipinski definition) is 0. The van der Waals surface area contributed by atoms with Gasteiger partial charge in [0.1, 0.15) is 5.41 Å². The summed E-state index contributed by atoms with van der Waals surface area (Å²) in [5, 5.41) is 17.4. The number of fused-ring (bicyclic) bond motifs is 6. The first-order valence-corrected chi connectivity index (χ1v) is 17.2. The van der Waals surface area contributed by atoms with E-state index in [1.807, 2.05) is 48.8 Å². The molecule has 0 spiro atoms. The third kappa shape index (κ3) is 4.17. The molecule has 10 rings (SSSR count). The maximum absolute atomic E-state index is 10.1. The van der Waals surface area contributed by atoms with E-state index in [0.717, 1.165) is 39.2 Å². The van der Waals surface area contributed by atoms with Gasteiger partial charge in [0, 0.05) is 12.4 Å². The van der Waals surface area contributed by atoms with Gasteiger partial charge in [-0.1, -0.05) is 121 Å². The van der Waals surface area contributed by atoms with E-state index in [9.17, 15) is 5.26 Å². The number of nitrogens with zero attached hydrogens (tertiary/aromatic N) is 3. The van der Waals surface area contributed by atoms with E-state index >= 15 is 0 Å². The standard InChI is InChI=1S/C48H29N3/c49-30-31-22-24-35-36-25-23-33(29-43(36)48(42(35)28-31,44-20-7-9-26-50-44)45-21-8-10-27-51-45)46-38-15-3-5-17-40(38)47(41-18-6-4-16-39(41)46)37-19-11-13-32-12-1-2-14-34(32)37/h1-29H. The van der Waals surface area contributed by atoms with Gasteiger partial charge in [0.05, 0.1) is 23.0 Å². The van der Waals surface area contributed by atoms with Crippen LogP contribution >= 0.6 is 0 Å². The van der Waals surface area contributed by atoms with Gasteiger partial charge in [-0.3, -0.25) is 9.97 Å². The molecule has 2 aromatic heterocycles. The van der Waals surface area contributed by atoms with Crippen LogP contribution < -0.4 is 0 Å². The van der Waals surface area contributed by atoms with E-state index in [1.165, 1.54) is 49.0 Å². The molecule has 0 atom stereocenters. The van der Waals surface area contributed by atoms with E-state index in [-0.39, 0.29) is 0 Å². The van der Waals surface area contributed by atoms with Crippen molar-refractivity contribution in [2.24, 2.45) is 0 Å². The van der Waals surface area contributed by atoms with E-state index < -0.39 is 5.41 Å². The summed E-state index contributed by atoms with van der Waals surface area (Å²) in [4.78, 5) is 10.0. The van der Waals surface area contributed by atoms with Crippen molar-refractivity contribution in [3.63, 3.8) is 0 Å². The third-order valence-electron chi connectivity index (χ3n) is 10.6. The maximum Gasteiger partial charge on any atom is 0.106 e. The van der Waals surface area contributed by atoms with Crippen LogP contribution in [0.25, 0.3) is 65.7 Å². The van der Waals surface area contributed by atoms with Crippen LogP contribution in [0.3, 0.4) is 0 Å². The van der Waals surface area contributed by atoms with Gasteiger partial charge in [-0.2, -0.15) is 5.26 Å². The molecule has 0 amide bonds. The average molecular weight is 648 g/mol. The predicted octanol–water partition coefficient (Wildman–Crippen LogP) is 11.5. The first-order valence-electron chi connectivity index (χ1n) is 17.2. The van der Waals surface area contributed by atoms with Crippen molar-refractivity contribution < 1.29 is 0 Å². The van der Waals surface area contributed by atoms with Gasteiger partial charge in [0.2, 0.25) is 0 Å². The third-order valence-corrected chi connectivity index (χ3v) is 10.6. The van der Waals surface area contributed by atoms with Crippen molar-refractivity contribution in [3.8, 4) is 39.4 Å². The van der Waals surface area contributed by atoms with Gasteiger partial charge < -0.3 is 0 Å². The zero-order valence-electron chi connectivity index (χ0n) is 27.6. The molecular formula is C48H29N3. The van der Waals surface area contributed by atoms with Gasteiger partial charge >= 0.3 is 0 Å². The van der Waals surface area contributed by atoms with Crippen molar-refractivity contribution in [1.82, 2.24) is 9.97 Å². The summed E-state index contributed by atoms with van der Waals surface area (Å²) in [7, 11) is 0. The Morgan fingerprint density at radius 3 is 1.57 bits per heavy atom. The highest BCUT2D eigenvalue weighted by Crippen LogP contribution is 2.56. The maximum atomic E-state index is 10.1. The summed E-state index contributed by atoms with van der Waals surface area (Å²) in [6.45, 7) is 0. The largest absolute Gasteiger partial charge is 0.260 e. The second kappa shape index (κ2) is 11.3. The number of pyridine rings is 2. The zero-order chi connectivity index (χ0) is 33.9. The molecule has 0 aliphatic heterocycles. The van der Waals surface area contributed by atoms with Gasteiger partial charge in [0.15, 0.2) is 0 Å². The normalized spacial score (nSPS) is 12.8. The number of nitriles is 1. The molecule has 1 aliphatic rings. The molecule has 0 radical (unpaired) electrons. The monoisotopic (exact) mass is 647 g/mol. The topological polar surface area (TPSA) is 49.6 Å². The number of rotatable bonds is 4. The lowest BCUT2D eigenvalue weighted by atomic mass is 9.71. The fourth-order valence-corrected chi connectivity index (χ4v) is 8.57. The highest BCUT2D eigenvalue weighted by Gasteiger charge is 2.48. The Labute approximate surface area is 295 Å². The van der Waals surface area contributed by atoms with Crippen LogP contribution in [0.1, 0.15) is 28.1 Å². The van der Waals surface area contributed by atoms with Crippen LogP contribution in [0.2, 0.25) is 0 Å². The fourth-order valence-electron chi connectivity index (χ4n) is 8.57. The molecule has 0 saturated carbocycles. The van der Waals surface area contributed by atoms with Crippen LogP contribution in [-0.2, 0) is 5.41 Å². The molecule has 0 saturated heterocycles. The Bertz CT molecular complexity index is 2770. The number of benzene rings is 7. The minimum absolute atomic E-state index is 0.610. The first-order chi connectivity index (χ1) is 25.3. The van der Waals surface area contributed by atoms with Crippen LogP contribution in [0.5, 0.6) is 0 Å². The van der Waals surface area contributed by atoms with Gasteiger partial charge in [-0.05, 0) is 119 Å². The minimum Gasteiger partial charge on any atom is -0.260 e. The summed E-state index contributed by atoms with van der Waals surface area (Å²) in [6.07, 6.45) is 3.70. The summed E-state index contributed by atoms with van der Waals surface area (Å²) < 4.78 is 0. The Hall–Kier alpha value is -6.89. The van der Waals surface area contributed by atoms with Crippen molar-refractivity contribution in [2.75, 3.05) is 0 Å². The molecule has 0 bridgehead atoms. The van der Waals surface area contributed by atoms with Crippen molar-refractivity contribution in [2.45, 2.75) is 5.41 Å². The van der Waals surface area contributed by atoms with Crippen molar-refractivity contribution in [3.05, 3.63) is 204 Å². The van der Waals surface area contributed by atoms with E-state index in [0.29, 0.717) is 5.56 Å². The SMILES string of the molecule is N#Cc1ccc2c(c1)C(c1ccccn1)(c1ccccn1)c1cc(-c3c4ccccc4c(-c4cccc5ccccc45)c4ccccc34)ccc1-2. The molecule has 3 heteroatoms. The second-order valence-corrected chi connectivity index (χ2v) is 13.2. The molecule has 0 fully saturated rings. The molecule has 236 valence electrons. The fraction of sp³-hybridized carbons (Fsp3) is 0.0208. The lowest BCUT2D eigenvalue weighted by molar-refractivity contribution is 0.706. The average Bonchev–Trinajstić information content (AvgIpc) is 3.50. The van der Waals surface area contributed by atoms with Crippen LogP contribution in [0.4, 0.5) is 0 Å². The van der Waals surface area contributed by atoms with Crippen molar-refractivity contribution in [1.29, 1.82) is 5.26 Å². The molecule has 1 aliphatic carbocycles. The summed E-state index contributed by atoms with van der Waals surface area (Å²) >= 11 is 0. The van der Waals surface area contributed by atoms with E-state index in [2.05, 4.69) is 133 Å². The summed E-state index contributed by atoms with van der Waals surface area (Å²) in [5.74, 6) is 0. The van der Waals surface area contributed by atoms with E-state index in [4.69, 9.17) is 9.97 Å². The summed E-state index contributed by atoms with van der Waals surface area (Å²) in [5.41, 5.74) is 10.7. The zero-order valence-corrected chi connectivity index (χ0v) is 27.6. The van der Waals surface area contributed by atoms with Gasteiger partial charge in [-0.15, -0.1) is 0 Å². The Morgan fingerprint density at radius 1 is 0.431 bits per heavy atom. The highest BCUT2D eigenvalue weighted by molar-refractivity contribution is 6.23. The Balaban J connectivity index is 1.32. The Kier molecular flexibility index (Phi) is 6.46. The highest BCUT2D eigenvalue weighted by atomic mass is 14.8. The molecule has 3 nitrogen and oxygen atoms in total. The van der Waals surface area contributed by atoms with Gasteiger partial charge in [-0.25, -0.2) is 0 Å². The van der Waals surface area contributed by atoms with E-state index in [1.54, 1.807) is 0 Å². The smallest absolute Gasteiger partial charge is 0.106 e. The number of hydrogen-bond acceptors (Lipinski definition) is 3. The number of aromatic nitrogens is 2. The molecule has 7 aromatic carbocycles. The van der Waals surface area contributed by atoms with Crippen molar-refractivity contribution >= 4 is 32.3 Å².